The minimum absolute atomic E-state index is 0.353. The number of anilines is 2. The highest BCUT2D eigenvalue weighted by Gasteiger charge is 2.04. The number of aryl methyl sites for hydroxylation is 1. The van der Waals surface area contributed by atoms with Gasteiger partial charge in [-0.3, -0.25) is 5.32 Å². The summed E-state index contributed by atoms with van der Waals surface area (Å²) in [6.07, 6.45) is 1.68. The van der Waals surface area contributed by atoms with Crippen molar-refractivity contribution in [3.63, 3.8) is 0 Å². The molecule has 6 heteroatoms. The monoisotopic (exact) mass is 387 g/mol. The van der Waals surface area contributed by atoms with Gasteiger partial charge >= 0.3 is 6.03 Å². The van der Waals surface area contributed by atoms with Gasteiger partial charge in [-0.05, 0) is 59.3 Å². The summed E-state index contributed by atoms with van der Waals surface area (Å²) in [5.74, 6) is 0.496. The Bertz CT molecular complexity index is 601. The van der Waals surface area contributed by atoms with E-state index >= 15 is 0 Å². The molecule has 2 aromatic rings. The molecule has 4 nitrogen and oxygen atoms in total. The fourth-order valence-corrected chi connectivity index (χ4v) is 1.90. The highest BCUT2D eigenvalue weighted by Crippen LogP contribution is 2.20. The van der Waals surface area contributed by atoms with Crippen LogP contribution in [0.1, 0.15) is 5.56 Å². The maximum atomic E-state index is 11.8. The van der Waals surface area contributed by atoms with Gasteiger partial charge in [0.2, 0.25) is 0 Å². The number of hydrogen-bond acceptors (Lipinski definition) is 2. The molecule has 0 fully saturated rings. The average Bonchev–Trinajstić information content (AvgIpc) is 2.37. The molecule has 2 amide bonds. The van der Waals surface area contributed by atoms with Gasteiger partial charge < -0.3 is 5.32 Å². The number of aromatic nitrogens is 1. The second-order valence-corrected chi connectivity index (χ2v) is 5.56. The largest absolute Gasteiger partial charge is 0.324 e. The zero-order chi connectivity index (χ0) is 13.8. The number of pyridine rings is 1. The fraction of sp³-hybridized carbons (Fsp3) is 0.0769. The van der Waals surface area contributed by atoms with Crippen LogP contribution in [0, 0.1) is 10.5 Å². The second-order valence-electron chi connectivity index (χ2n) is 3.90. The van der Waals surface area contributed by atoms with Gasteiger partial charge in [0.15, 0.2) is 0 Å². The summed E-state index contributed by atoms with van der Waals surface area (Å²) < 4.78 is 1.01. The number of halogens is 2. The van der Waals surface area contributed by atoms with Crippen LogP contribution in [0.4, 0.5) is 16.3 Å². The van der Waals surface area contributed by atoms with Gasteiger partial charge in [-0.25, -0.2) is 9.78 Å². The van der Waals surface area contributed by atoms with Crippen molar-refractivity contribution in [3.8, 4) is 0 Å². The molecule has 98 valence electrons. The van der Waals surface area contributed by atoms with E-state index in [2.05, 4.69) is 38.2 Å². The SMILES string of the molecule is Cc1ccc(NC(=O)Nc2ccc(I)cn2)cc1Cl. The molecule has 0 aliphatic rings. The minimum Gasteiger partial charge on any atom is -0.308 e. The number of rotatable bonds is 2. The van der Waals surface area contributed by atoms with E-state index in [1.165, 1.54) is 0 Å². The Morgan fingerprint density at radius 3 is 2.68 bits per heavy atom. The molecule has 2 rings (SSSR count). The highest BCUT2D eigenvalue weighted by molar-refractivity contribution is 14.1. The zero-order valence-electron chi connectivity index (χ0n) is 10.1. The summed E-state index contributed by atoms with van der Waals surface area (Å²) in [5.41, 5.74) is 1.60. The number of hydrogen-bond donors (Lipinski definition) is 2. The number of carbonyl (C=O) groups excluding carboxylic acids is 1. The Morgan fingerprint density at radius 1 is 1.26 bits per heavy atom. The van der Waals surface area contributed by atoms with Crippen molar-refractivity contribution >= 4 is 51.7 Å². The summed E-state index contributed by atoms with van der Waals surface area (Å²) in [6, 6.07) is 8.60. The first-order valence-electron chi connectivity index (χ1n) is 5.50. The minimum atomic E-state index is -0.353. The first-order chi connectivity index (χ1) is 9.04. The van der Waals surface area contributed by atoms with E-state index in [4.69, 9.17) is 11.6 Å². The Hall–Kier alpha value is -1.34. The number of benzene rings is 1. The molecule has 0 aliphatic carbocycles. The third kappa shape index (κ3) is 4.07. The topological polar surface area (TPSA) is 54.0 Å². The number of nitrogens with zero attached hydrogens (tertiary/aromatic N) is 1. The predicted octanol–water partition coefficient (Wildman–Crippen LogP) is 4.29. The summed E-state index contributed by atoms with van der Waals surface area (Å²) >= 11 is 8.14. The lowest BCUT2D eigenvalue weighted by molar-refractivity contribution is 0.262. The van der Waals surface area contributed by atoms with E-state index < -0.39 is 0 Å². The van der Waals surface area contributed by atoms with E-state index in [0.29, 0.717) is 16.5 Å². The van der Waals surface area contributed by atoms with E-state index in [1.807, 2.05) is 19.1 Å². The van der Waals surface area contributed by atoms with Crippen molar-refractivity contribution in [1.82, 2.24) is 4.98 Å². The van der Waals surface area contributed by atoms with Gasteiger partial charge in [0.05, 0.1) is 0 Å². The normalized spacial score (nSPS) is 10.1. The Kier molecular flexibility index (Phi) is 4.60. The van der Waals surface area contributed by atoms with Crippen LogP contribution in [0.15, 0.2) is 36.5 Å². The lowest BCUT2D eigenvalue weighted by Crippen LogP contribution is -2.20. The molecule has 1 heterocycles. The third-order valence-corrected chi connectivity index (χ3v) is 3.44. The van der Waals surface area contributed by atoms with Crippen molar-refractivity contribution in [3.05, 3.63) is 50.7 Å². The van der Waals surface area contributed by atoms with E-state index in [-0.39, 0.29) is 6.03 Å². The van der Waals surface area contributed by atoms with Crippen molar-refractivity contribution in [2.75, 3.05) is 10.6 Å². The van der Waals surface area contributed by atoms with Gasteiger partial charge in [0, 0.05) is 20.5 Å². The smallest absolute Gasteiger partial charge is 0.308 e. The van der Waals surface area contributed by atoms with Crippen LogP contribution < -0.4 is 10.6 Å². The van der Waals surface area contributed by atoms with Gasteiger partial charge in [0.25, 0.3) is 0 Å². The molecule has 0 atom stereocenters. The first kappa shape index (κ1) is 14.1. The van der Waals surface area contributed by atoms with Crippen molar-refractivity contribution in [2.24, 2.45) is 0 Å². The summed E-state index contributed by atoms with van der Waals surface area (Å²) in [7, 11) is 0. The maximum absolute atomic E-state index is 11.8. The highest BCUT2D eigenvalue weighted by atomic mass is 127. The van der Waals surface area contributed by atoms with Crippen molar-refractivity contribution in [2.45, 2.75) is 6.92 Å². The van der Waals surface area contributed by atoms with Gasteiger partial charge in [-0.1, -0.05) is 17.7 Å². The molecular weight excluding hydrogens is 377 g/mol. The Morgan fingerprint density at radius 2 is 2.05 bits per heavy atom. The zero-order valence-corrected chi connectivity index (χ0v) is 13.0. The van der Waals surface area contributed by atoms with Crippen LogP contribution in [0.5, 0.6) is 0 Å². The van der Waals surface area contributed by atoms with Crippen LogP contribution >= 0.6 is 34.2 Å². The fourth-order valence-electron chi connectivity index (χ4n) is 1.40. The molecule has 0 spiro atoms. The molecule has 0 saturated carbocycles. The molecular formula is C13H11ClIN3O. The quantitative estimate of drug-likeness (QED) is 0.755. The van der Waals surface area contributed by atoms with Gasteiger partial charge in [-0.2, -0.15) is 0 Å². The average molecular weight is 388 g/mol. The van der Waals surface area contributed by atoms with Crippen LogP contribution in [0.2, 0.25) is 5.02 Å². The summed E-state index contributed by atoms with van der Waals surface area (Å²) in [4.78, 5) is 15.8. The lowest BCUT2D eigenvalue weighted by Gasteiger charge is -2.08. The second kappa shape index (κ2) is 6.21. The van der Waals surface area contributed by atoms with Crippen LogP contribution in [-0.2, 0) is 0 Å². The van der Waals surface area contributed by atoms with Gasteiger partial charge in [0.1, 0.15) is 5.82 Å². The molecule has 0 bridgehead atoms. The number of carbonyl (C=O) groups is 1. The standard InChI is InChI=1S/C13H11ClIN3O/c1-8-2-4-10(6-11(8)14)17-13(19)18-12-5-3-9(15)7-16-12/h2-7H,1H3,(H2,16,17,18,19). The Balaban J connectivity index is 2.01. The number of urea groups is 1. The predicted molar refractivity (Wildman–Crippen MR) is 85.8 cm³/mol. The molecule has 1 aromatic carbocycles. The molecule has 0 unspecified atom stereocenters. The van der Waals surface area contributed by atoms with E-state index in [1.54, 1.807) is 24.4 Å². The van der Waals surface area contributed by atoms with Crippen LogP contribution in [-0.4, -0.2) is 11.0 Å². The molecule has 0 radical (unpaired) electrons. The molecule has 0 saturated heterocycles. The van der Waals surface area contributed by atoms with Crippen molar-refractivity contribution in [1.29, 1.82) is 0 Å². The lowest BCUT2D eigenvalue weighted by atomic mass is 10.2. The summed E-state index contributed by atoms with van der Waals surface area (Å²) in [5, 5.41) is 5.96. The summed E-state index contributed by atoms with van der Waals surface area (Å²) in [6.45, 7) is 1.90. The molecule has 2 N–H and O–H groups in total. The molecule has 1 aromatic heterocycles. The number of amides is 2. The van der Waals surface area contributed by atoms with E-state index in [9.17, 15) is 4.79 Å². The van der Waals surface area contributed by atoms with Crippen LogP contribution in [0.25, 0.3) is 0 Å². The van der Waals surface area contributed by atoms with Gasteiger partial charge in [-0.15, -0.1) is 0 Å². The number of nitrogens with one attached hydrogen (secondary N) is 2. The third-order valence-electron chi connectivity index (χ3n) is 2.40. The van der Waals surface area contributed by atoms with E-state index in [0.717, 1.165) is 9.13 Å². The maximum Gasteiger partial charge on any atom is 0.324 e. The molecule has 19 heavy (non-hydrogen) atoms. The Labute approximate surface area is 129 Å². The van der Waals surface area contributed by atoms with Crippen molar-refractivity contribution < 1.29 is 4.79 Å². The first-order valence-corrected chi connectivity index (χ1v) is 6.96. The molecule has 0 aliphatic heterocycles. The van der Waals surface area contributed by atoms with Crippen LogP contribution in [0.3, 0.4) is 0 Å².